The van der Waals surface area contributed by atoms with Crippen LogP contribution in [0.1, 0.15) is 47.2 Å². The second-order valence-corrected chi connectivity index (χ2v) is 17.9. The van der Waals surface area contributed by atoms with Crippen LogP contribution in [-0.2, 0) is 10.8 Å². The average molecular weight is 832 g/mol. The largest absolute Gasteiger partial charge is 0.457 e. The molecule has 0 radical (unpaired) electrons. The first-order valence-electron chi connectivity index (χ1n) is 22.3. The number of hydrogen-bond donors (Lipinski definition) is 0. The molecule has 1 aromatic heterocycles. The van der Waals surface area contributed by atoms with Gasteiger partial charge in [0, 0.05) is 33.2 Å². The molecule has 0 saturated heterocycles. The number of hydrogen-bond acceptors (Lipinski definition) is 4. The van der Waals surface area contributed by atoms with Crippen molar-refractivity contribution in [2.24, 2.45) is 0 Å². The fourth-order valence-electron chi connectivity index (χ4n) is 10.9. The Morgan fingerprint density at radius 1 is 0.292 bits per heavy atom. The van der Waals surface area contributed by atoms with E-state index in [-0.39, 0.29) is 5.41 Å². The maximum absolute atomic E-state index is 6.67. The lowest BCUT2D eigenvalue weighted by atomic mass is 9.66. The Morgan fingerprint density at radius 3 is 1.34 bits per heavy atom. The van der Waals surface area contributed by atoms with Crippen LogP contribution in [0.15, 0.2) is 212 Å². The minimum atomic E-state index is -0.613. The third-order valence-corrected chi connectivity index (χ3v) is 14.0. The highest BCUT2D eigenvalue weighted by Crippen LogP contribution is 2.62. The molecule has 4 nitrogen and oxygen atoms in total. The summed E-state index contributed by atoms with van der Waals surface area (Å²) >= 11 is 0. The Kier molecular flexibility index (Phi) is 8.13. The number of nitrogens with zero attached hydrogens (tertiary/aromatic N) is 3. The molecule has 10 aromatic rings. The van der Waals surface area contributed by atoms with E-state index in [0.29, 0.717) is 17.5 Å². The molecule has 0 amide bonds. The molecule has 65 heavy (non-hydrogen) atoms. The average Bonchev–Trinajstić information content (AvgIpc) is 3.78. The Morgan fingerprint density at radius 2 is 0.708 bits per heavy atom. The maximum atomic E-state index is 6.67. The monoisotopic (exact) mass is 831 g/mol. The van der Waals surface area contributed by atoms with Gasteiger partial charge in [0.05, 0.1) is 5.41 Å². The summed E-state index contributed by atoms with van der Waals surface area (Å²) in [6, 6.07) is 76.0. The van der Waals surface area contributed by atoms with Gasteiger partial charge in [-0.25, -0.2) is 15.0 Å². The smallest absolute Gasteiger partial charge is 0.164 e. The van der Waals surface area contributed by atoms with Crippen LogP contribution < -0.4 is 4.74 Å². The van der Waals surface area contributed by atoms with Gasteiger partial charge in [0.15, 0.2) is 17.5 Å². The zero-order chi connectivity index (χ0) is 43.3. The molecule has 2 aliphatic carbocycles. The quantitative estimate of drug-likeness (QED) is 0.173. The van der Waals surface area contributed by atoms with Crippen molar-refractivity contribution in [3.63, 3.8) is 0 Å². The highest BCUT2D eigenvalue weighted by molar-refractivity contribution is 5.92. The lowest BCUT2D eigenvalue weighted by Crippen LogP contribution is -2.32. The molecule has 0 unspecified atom stereocenters. The molecule has 0 atom stereocenters. The third-order valence-electron chi connectivity index (χ3n) is 14.0. The second-order valence-electron chi connectivity index (χ2n) is 17.9. The normalized spacial score (nSPS) is 14.1. The Hall–Kier alpha value is -8.21. The molecule has 1 aliphatic heterocycles. The molecular weight excluding hydrogens is 791 g/mol. The Balaban J connectivity index is 1.01. The molecule has 9 aromatic carbocycles. The first-order valence-corrected chi connectivity index (χ1v) is 22.3. The Bertz CT molecular complexity index is 3490. The lowest BCUT2D eigenvalue weighted by molar-refractivity contribution is 0.436. The van der Waals surface area contributed by atoms with Crippen molar-refractivity contribution in [3.05, 3.63) is 246 Å². The maximum Gasteiger partial charge on any atom is 0.164 e. The van der Waals surface area contributed by atoms with E-state index in [1.165, 1.54) is 50.1 Å². The van der Waals surface area contributed by atoms with Gasteiger partial charge in [-0.1, -0.05) is 196 Å². The summed E-state index contributed by atoms with van der Waals surface area (Å²) in [5.74, 6) is 3.64. The summed E-state index contributed by atoms with van der Waals surface area (Å²) < 4.78 is 6.67. The van der Waals surface area contributed by atoms with Gasteiger partial charge in [-0.05, 0) is 97.1 Å². The van der Waals surface area contributed by atoms with Crippen LogP contribution in [0.3, 0.4) is 0 Å². The van der Waals surface area contributed by atoms with Gasteiger partial charge in [-0.2, -0.15) is 0 Å². The number of fused-ring (bicyclic) bond motifs is 12. The first kappa shape index (κ1) is 37.4. The number of benzene rings is 9. The highest BCUT2D eigenvalue weighted by atomic mass is 16.5. The van der Waals surface area contributed by atoms with E-state index >= 15 is 0 Å². The summed E-state index contributed by atoms with van der Waals surface area (Å²) in [7, 11) is 0. The molecule has 2 heterocycles. The number of para-hydroxylation sites is 2. The first-order chi connectivity index (χ1) is 31.9. The predicted molar refractivity (Wildman–Crippen MR) is 262 cm³/mol. The van der Waals surface area contributed by atoms with Crippen molar-refractivity contribution in [3.8, 4) is 90.2 Å². The zero-order valence-electron chi connectivity index (χ0n) is 36.0. The van der Waals surface area contributed by atoms with Crippen LogP contribution in [0.5, 0.6) is 11.5 Å². The van der Waals surface area contributed by atoms with Crippen molar-refractivity contribution < 1.29 is 4.74 Å². The molecule has 4 heteroatoms. The van der Waals surface area contributed by atoms with E-state index in [4.69, 9.17) is 19.7 Å². The van der Waals surface area contributed by atoms with Gasteiger partial charge >= 0.3 is 0 Å². The fraction of sp³-hybridized carbons (Fsp3) is 0.0656. The fourth-order valence-corrected chi connectivity index (χ4v) is 10.9. The van der Waals surface area contributed by atoms with E-state index < -0.39 is 5.41 Å². The van der Waals surface area contributed by atoms with Gasteiger partial charge in [0.1, 0.15) is 11.5 Å². The number of ether oxygens (including phenoxy) is 1. The number of aromatic nitrogens is 3. The van der Waals surface area contributed by atoms with Crippen LogP contribution in [0, 0.1) is 0 Å². The molecule has 0 fully saturated rings. The van der Waals surface area contributed by atoms with Crippen molar-refractivity contribution in [2.75, 3.05) is 0 Å². The molecule has 0 saturated carbocycles. The molecule has 13 rings (SSSR count). The molecule has 306 valence electrons. The summed E-state index contributed by atoms with van der Waals surface area (Å²) in [5, 5.41) is 0. The minimum Gasteiger partial charge on any atom is -0.457 e. The van der Waals surface area contributed by atoms with Crippen LogP contribution in [0.25, 0.3) is 78.7 Å². The van der Waals surface area contributed by atoms with E-state index in [2.05, 4.69) is 208 Å². The zero-order valence-corrected chi connectivity index (χ0v) is 36.0. The van der Waals surface area contributed by atoms with Gasteiger partial charge in [-0.15, -0.1) is 0 Å². The lowest BCUT2D eigenvalue weighted by Gasteiger charge is -2.39. The van der Waals surface area contributed by atoms with Gasteiger partial charge in [0.25, 0.3) is 0 Å². The van der Waals surface area contributed by atoms with Gasteiger partial charge in [0.2, 0.25) is 0 Å². The summed E-state index contributed by atoms with van der Waals surface area (Å²) in [6.07, 6.45) is 0. The van der Waals surface area contributed by atoms with E-state index in [1.54, 1.807) is 0 Å². The van der Waals surface area contributed by atoms with Gasteiger partial charge < -0.3 is 4.74 Å². The van der Waals surface area contributed by atoms with E-state index in [9.17, 15) is 0 Å². The minimum absolute atomic E-state index is 0.159. The molecular formula is C61H41N3O. The van der Waals surface area contributed by atoms with Crippen LogP contribution in [0.2, 0.25) is 0 Å². The molecule has 3 aliphatic rings. The standard InChI is InChI=1S/C61H41N3O/c1-60(2)49-20-10-9-19-45(49)46-32-29-44(37-54(46)60)59-63-57(41-17-7-4-8-18-41)62-58(64-59)43-31-34-51-48(36-43)47-35-42(40-27-25-39(26-28-40)38-15-5-3-6-16-38)30-33-50(47)61(51)52-21-11-13-23-55(52)65-56-24-14-12-22-53(56)61/h3-37H,1-2H3. The van der Waals surface area contributed by atoms with E-state index in [0.717, 1.165) is 56.0 Å². The summed E-state index contributed by atoms with van der Waals surface area (Å²) in [5.41, 5.74) is 18.9. The SMILES string of the molecule is CC1(C)c2ccccc2-c2ccc(-c3nc(-c4ccccc4)nc(-c4ccc5c(c4)-c4cc(-c6ccc(-c7ccccc7)cc6)ccc4C54c5ccccc5Oc5ccccc54)n3)cc21. The van der Waals surface area contributed by atoms with Gasteiger partial charge in [-0.3, -0.25) is 0 Å². The van der Waals surface area contributed by atoms with Crippen molar-refractivity contribution >= 4 is 0 Å². The molecule has 1 spiro atoms. The summed E-state index contributed by atoms with van der Waals surface area (Å²) in [4.78, 5) is 15.8. The van der Waals surface area contributed by atoms with Crippen molar-refractivity contribution in [2.45, 2.75) is 24.7 Å². The third kappa shape index (κ3) is 5.60. The topological polar surface area (TPSA) is 47.9 Å². The highest BCUT2D eigenvalue weighted by Gasteiger charge is 2.51. The molecule has 0 bridgehead atoms. The summed E-state index contributed by atoms with van der Waals surface area (Å²) in [6.45, 7) is 4.62. The second kappa shape index (κ2) is 14.2. The predicted octanol–water partition coefficient (Wildman–Crippen LogP) is 15.0. The van der Waals surface area contributed by atoms with Crippen molar-refractivity contribution in [1.82, 2.24) is 15.0 Å². The van der Waals surface area contributed by atoms with Crippen LogP contribution >= 0.6 is 0 Å². The van der Waals surface area contributed by atoms with Crippen molar-refractivity contribution in [1.29, 1.82) is 0 Å². The van der Waals surface area contributed by atoms with Crippen LogP contribution in [0.4, 0.5) is 0 Å². The molecule has 0 N–H and O–H groups in total. The van der Waals surface area contributed by atoms with E-state index in [1.807, 2.05) is 18.2 Å². The Labute approximate surface area is 378 Å². The van der Waals surface area contributed by atoms with Crippen LogP contribution in [-0.4, -0.2) is 15.0 Å². The number of rotatable bonds is 5.